The first-order chi connectivity index (χ1) is 9.38. The van der Waals surface area contributed by atoms with Gasteiger partial charge in [0, 0.05) is 46.5 Å². The highest BCUT2D eigenvalue weighted by molar-refractivity contribution is 7.88. The SMILES string of the molecule is CN(C)c1nccc(N2CCCN(S(C)(=O)=O)CC2)n1. The van der Waals surface area contributed by atoms with Crippen molar-refractivity contribution in [2.75, 3.05) is 56.3 Å². The fourth-order valence-electron chi connectivity index (χ4n) is 2.19. The molecular formula is C12H21N5O2S. The van der Waals surface area contributed by atoms with Crippen LogP contribution in [0.5, 0.6) is 0 Å². The first kappa shape index (κ1) is 15.0. The predicted molar refractivity (Wildman–Crippen MR) is 79.6 cm³/mol. The highest BCUT2D eigenvalue weighted by Crippen LogP contribution is 2.16. The Bertz CT molecular complexity index is 561. The Morgan fingerprint density at radius 3 is 2.60 bits per heavy atom. The van der Waals surface area contributed by atoms with Gasteiger partial charge in [0.2, 0.25) is 16.0 Å². The molecule has 2 rings (SSSR count). The van der Waals surface area contributed by atoms with E-state index >= 15 is 0 Å². The van der Waals surface area contributed by atoms with Gasteiger partial charge in [-0.15, -0.1) is 0 Å². The minimum absolute atomic E-state index is 0.500. The maximum absolute atomic E-state index is 11.6. The molecule has 0 aliphatic carbocycles. The zero-order valence-corrected chi connectivity index (χ0v) is 13.0. The van der Waals surface area contributed by atoms with E-state index in [4.69, 9.17) is 0 Å². The fourth-order valence-corrected chi connectivity index (χ4v) is 3.06. The van der Waals surface area contributed by atoms with Crippen molar-refractivity contribution >= 4 is 21.8 Å². The van der Waals surface area contributed by atoms with Gasteiger partial charge in [0.05, 0.1) is 6.26 Å². The normalized spacial score (nSPS) is 17.9. The summed E-state index contributed by atoms with van der Waals surface area (Å²) in [5.74, 6) is 1.51. The zero-order chi connectivity index (χ0) is 14.8. The summed E-state index contributed by atoms with van der Waals surface area (Å²) in [7, 11) is 0.681. The lowest BCUT2D eigenvalue weighted by Gasteiger charge is -2.22. The fraction of sp³-hybridized carbons (Fsp3) is 0.667. The summed E-state index contributed by atoms with van der Waals surface area (Å²) in [6, 6.07) is 1.86. The molecule has 1 aliphatic rings. The standard InChI is InChI=1S/C12H21N5O2S/c1-15(2)12-13-6-5-11(14-12)16-7-4-8-17(10-9-16)20(3,18)19/h5-6H,4,7-10H2,1-3H3. The van der Waals surface area contributed by atoms with Crippen LogP contribution in [-0.2, 0) is 10.0 Å². The monoisotopic (exact) mass is 299 g/mol. The molecule has 1 aromatic heterocycles. The second-order valence-corrected chi connectivity index (χ2v) is 7.09. The summed E-state index contributed by atoms with van der Waals surface area (Å²) >= 11 is 0. The molecule has 0 aromatic carbocycles. The van der Waals surface area contributed by atoms with Crippen molar-refractivity contribution in [3.63, 3.8) is 0 Å². The van der Waals surface area contributed by atoms with Crippen LogP contribution in [0.15, 0.2) is 12.3 Å². The van der Waals surface area contributed by atoms with E-state index in [1.54, 1.807) is 6.20 Å². The third-order valence-corrected chi connectivity index (χ3v) is 4.58. The maximum atomic E-state index is 11.6. The number of sulfonamides is 1. The van der Waals surface area contributed by atoms with E-state index in [1.165, 1.54) is 10.6 Å². The van der Waals surface area contributed by atoms with Crippen molar-refractivity contribution in [2.45, 2.75) is 6.42 Å². The molecule has 0 amide bonds. The minimum Gasteiger partial charge on any atom is -0.355 e. The number of hydrogen-bond donors (Lipinski definition) is 0. The molecule has 20 heavy (non-hydrogen) atoms. The lowest BCUT2D eigenvalue weighted by Crippen LogP contribution is -2.34. The van der Waals surface area contributed by atoms with E-state index in [-0.39, 0.29) is 0 Å². The molecule has 1 aromatic rings. The number of rotatable bonds is 3. The van der Waals surface area contributed by atoms with E-state index in [2.05, 4.69) is 14.9 Å². The molecule has 1 aliphatic heterocycles. The molecule has 0 bridgehead atoms. The number of anilines is 2. The largest absolute Gasteiger partial charge is 0.355 e. The Morgan fingerprint density at radius 2 is 1.95 bits per heavy atom. The Labute approximate surface area is 120 Å². The van der Waals surface area contributed by atoms with Crippen molar-refractivity contribution in [3.8, 4) is 0 Å². The molecule has 8 heteroatoms. The maximum Gasteiger partial charge on any atom is 0.226 e. The molecule has 2 heterocycles. The zero-order valence-electron chi connectivity index (χ0n) is 12.2. The van der Waals surface area contributed by atoms with E-state index in [9.17, 15) is 8.42 Å². The van der Waals surface area contributed by atoms with E-state index in [0.717, 1.165) is 18.8 Å². The van der Waals surface area contributed by atoms with Gasteiger partial charge in [-0.1, -0.05) is 0 Å². The third kappa shape index (κ3) is 3.57. The molecular weight excluding hydrogens is 278 g/mol. The predicted octanol–water partition coefficient (Wildman–Crippen LogP) is 0.0143. The Kier molecular flexibility index (Phi) is 4.44. The molecule has 0 saturated carbocycles. The van der Waals surface area contributed by atoms with Crippen LogP contribution in [0.25, 0.3) is 0 Å². The molecule has 0 atom stereocenters. The number of nitrogens with zero attached hydrogens (tertiary/aromatic N) is 5. The summed E-state index contributed by atoms with van der Waals surface area (Å²) in [4.78, 5) is 12.7. The van der Waals surface area contributed by atoms with Crippen LogP contribution in [0.3, 0.4) is 0 Å². The number of hydrogen-bond acceptors (Lipinski definition) is 6. The molecule has 1 fully saturated rings. The summed E-state index contributed by atoms with van der Waals surface area (Å²) < 4.78 is 24.7. The van der Waals surface area contributed by atoms with Crippen molar-refractivity contribution in [1.29, 1.82) is 0 Å². The third-order valence-electron chi connectivity index (χ3n) is 3.28. The summed E-state index contributed by atoms with van der Waals surface area (Å²) in [5.41, 5.74) is 0. The lowest BCUT2D eigenvalue weighted by atomic mass is 10.4. The van der Waals surface area contributed by atoms with Crippen LogP contribution in [0.2, 0.25) is 0 Å². The molecule has 0 radical (unpaired) electrons. The molecule has 0 spiro atoms. The van der Waals surface area contributed by atoms with Crippen molar-refractivity contribution < 1.29 is 8.42 Å². The quantitative estimate of drug-likeness (QED) is 0.783. The van der Waals surface area contributed by atoms with Crippen molar-refractivity contribution in [3.05, 3.63) is 12.3 Å². The highest BCUT2D eigenvalue weighted by atomic mass is 32.2. The van der Waals surface area contributed by atoms with Gasteiger partial charge in [-0.25, -0.2) is 17.7 Å². The molecule has 1 saturated heterocycles. The second-order valence-electron chi connectivity index (χ2n) is 5.11. The van der Waals surface area contributed by atoms with Gasteiger partial charge in [-0.3, -0.25) is 0 Å². The van der Waals surface area contributed by atoms with Crippen LogP contribution >= 0.6 is 0 Å². The van der Waals surface area contributed by atoms with Crippen molar-refractivity contribution in [2.24, 2.45) is 0 Å². The van der Waals surface area contributed by atoms with E-state index < -0.39 is 10.0 Å². The van der Waals surface area contributed by atoms with E-state index in [0.29, 0.717) is 25.6 Å². The van der Waals surface area contributed by atoms with E-state index in [1.807, 2.05) is 25.1 Å². The average molecular weight is 299 g/mol. The molecule has 112 valence electrons. The first-order valence-electron chi connectivity index (χ1n) is 6.58. The molecule has 0 N–H and O–H groups in total. The van der Waals surface area contributed by atoms with Crippen molar-refractivity contribution in [1.82, 2.24) is 14.3 Å². The first-order valence-corrected chi connectivity index (χ1v) is 8.43. The van der Waals surface area contributed by atoms with Gasteiger partial charge < -0.3 is 9.80 Å². The van der Waals surface area contributed by atoms with Crippen LogP contribution in [-0.4, -0.2) is 69.2 Å². The topological polar surface area (TPSA) is 69.6 Å². The average Bonchev–Trinajstić information content (AvgIpc) is 2.64. The van der Waals surface area contributed by atoms with Gasteiger partial charge in [0.25, 0.3) is 0 Å². The Hall–Kier alpha value is -1.41. The summed E-state index contributed by atoms with van der Waals surface area (Å²) in [5, 5.41) is 0. The van der Waals surface area contributed by atoms with Crippen LogP contribution in [0, 0.1) is 0 Å². The van der Waals surface area contributed by atoms with Gasteiger partial charge in [-0.05, 0) is 12.5 Å². The molecule has 7 nitrogen and oxygen atoms in total. The Balaban J connectivity index is 2.13. The highest BCUT2D eigenvalue weighted by Gasteiger charge is 2.22. The minimum atomic E-state index is -3.11. The molecule has 0 unspecified atom stereocenters. The van der Waals surface area contributed by atoms with Gasteiger partial charge in [0.1, 0.15) is 5.82 Å². The smallest absolute Gasteiger partial charge is 0.226 e. The van der Waals surface area contributed by atoms with Crippen LogP contribution in [0.4, 0.5) is 11.8 Å². The lowest BCUT2D eigenvalue weighted by molar-refractivity contribution is 0.437. The van der Waals surface area contributed by atoms with Gasteiger partial charge >= 0.3 is 0 Å². The Morgan fingerprint density at radius 1 is 1.20 bits per heavy atom. The second kappa shape index (κ2) is 5.92. The van der Waals surface area contributed by atoms with Gasteiger partial charge in [-0.2, -0.15) is 4.98 Å². The van der Waals surface area contributed by atoms with Crippen LogP contribution in [0.1, 0.15) is 6.42 Å². The summed E-state index contributed by atoms with van der Waals surface area (Å²) in [6.07, 6.45) is 3.79. The number of aromatic nitrogens is 2. The van der Waals surface area contributed by atoms with Crippen LogP contribution < -0.4 is 9.80 Å². The summed E-state index contributed by atoms with van der Waals surface area (Å²) in [6.45, 7) is 2.52. The van der Waals surface area contributed by atoms with Gasteiger partial charge in [0.15, 0.2) is 0 Å².